The minimum absolute atomic E-state index is 0.0892. The van der Waals surface area contributed by atoms with Crippen molar-refractivity contribution in [3.63, 3.8) is 0 Å². The van der Waals surface area contributed by atoms with Crippen LogP contribution in [0.5, 0.6) is 0 Å². The summed E-state index contributed by atoms with van der Waals surface area (Å²) in [5.41, 5.74) is 0. The molecule has 5 atom stereocenters. The first-order valence-corrected chi connectivity index (χ1v) is 47.1. The zero-order valence-corrected chi connectivity index (χ0v) is 71.9. The van der Waals surface area contributed by atoms with Gasteiger partial charge in [-0.1, -0.05) is 353 Å². The van der Waals surface area contributed by atoms with Crippen LogP contribution in [0.1, 0.15) is 367 Å². The number of aliphatic hydroxyl groups is 2. The molecule has 0 saturated carbocycles. The predicted molar refractivity (Wildman–Crippen MR) is 463 cm³/mol. The molecule has 16 nitrogen and oxygen atoms in total. The second kappa shape index (κ2) is 84.8. The number of phosphoric ester groups is 2. The second-order valence-corrected chi connectivity index (χ2v) is 32.2. The van der Waals surface area contributed by atoms with Gasteiger partial charge in [0.25, 0.3) is 0 Å². The molecule has 0 aromatic heterocycles. The molecule has 0 radical (unpaired) electrons. The van der Waals surface area contributed by atoms with E-state index in [2.05, 4.69) is 167 Å². The monoisotopic (exact) mass is 1600 g/mol. The molecule has 0 bridgehead atoms. The topological polar surface area (TPSA) is 231 Å². The molecule has 0 aromatic carbocycles. The summed E-state index contributed by atoms with van der Waals surface area (Å²) in [5.74, 6) is -1.59. The number of rotatable bonds is 83. The Hall–Kier alpha value is -4.57. The lowest BCUT2D eigenvalue weighted by atomic mass is 10.0. The molecule has 0 saturated heterocycles. The zero-order chi connectivity index (χ0) is 80.8. The summed E-state index contributed by atoms with van der Waals surface area (Å²) < 4.78 is 61.3. The highest BCUT2D eigenvalue weighted by atomic mass is 31.2. The van der Waals surface area contributed by atoms with Crippen LogP contribution in [0, 0.1) is 0 Å². The van der Waals surface area contributed by atoms with E-state index in [9.17, 15) is 43.5 Å². The quantitative estimate of drug-likeness (QED) is 0.0146. The minimum atomic E-state index is -4.94. The average molecular weight is 1600 g/mol. The first-order valence-electron chi connectivity index (χ1n) is 44.1. The minimum Gasteiger partial charge on any atom is -0.463 e. The number of ether oxygens (including phenoxy) is 3. The van der Waals surface area contributed by atoms with Gasteiger partial charge in [0.05, 0.1) is 26.4 Å². The molecule has 0 spiro atoms. The third kappa shape index (κ3) is 86.1. The summed E-state index contributed by atoms with van der Waals surface area (Å²) in [6.45, 7) is 2.46. The van der Waals surface area contributed by atoms with E-state index in [0.29, 0.717) is 19.3 Å². The van der Waals surface area contributed by atoms with Gasteiger partial charge in [-0.25, -0.2) is 9.13 Å². The van der Waals surface area contributed by atoms with Crippen LogP contribution in [0.25, 0.3) is 0 Å². The van der Waals surface area contributed by atoms with Crippen LogP contribution in [-0.2, 0) is 55.8 Å². The van der Waals surface area contributed by atoms with E-state index < -0.39 is 91.5 Å². The molecule has 0 aliphatic carbocycles. The fourth-order valence-electron chi connectivity index (χ4n) is 11.9. The van der Waals surface area contributed by atoms with Crippen molar-refractivity contribution in [3.8, 4) is 0 Å². The molecule has 111 heavy (non-hydrogen) atoms. The number of aliphatic hydroxyl groups excluding tert-OH is 2. The number of carbonyl (C=O) groups excluding carboxylic acids is 3. The van der Waals surface area contributed by atoms with E-state index in [1.165, 1.54) is 141 Å². The maximum absolute atomic E-state index is 13.0. The van der Waals surface area contributed by atoms with Gasteiger partial charge in [0, 0.05) is 19.3 Å². The molecular formula is C93H160O16P2. The maximum Gasteiger partial charge on any atom is 0.472 e. The van der Waals surface area contributed by atoms with Crippen molar-refractivity contribution in [1.82, 2.24) is 0 Å². The van der Waals surface area contributed by atoms with Gasteiger partial charge in [-0.05, 0) is 141 Å². The highest BCUT2D eigenvalue weighted by molar-refractivity contribution is 7.47. The van der Waals surface area contributed by atoms with Crippen molar-refractivity contribution in [1.29, 1.82) is 0 Å². The van der Waals surface area contributed by atoms with Crippen LogP contribution in [0.15, 0.2) is 146 Å². The van der Waals surface area contributed by atoms with Crippen LogP contribution in [0.3, 0.4) is 0 Å². The van der Waals surface area contributed by atoms with Gasteiger partial charge in [0.15, 0.2) is 6.10 Å². The van der Waals surface area contributed by atoms with Crippen LogP contribution in [0.2, 0.25) is 0 Å². The first-order chi connectivity index (χ1) is 54.2. The molecule has 5 unspecified atom stereocenters. The van der Waals surface area contributed by atoms with E-state index >= 15 is 0 Å². The molecule has 0 rings (SSSR count). The van der Waals surface area contributed by atoms with Crippen LogP contribution in [0.4, 0.5) is 0 Å². The van der Waals surface area contributed by atoms with Gasteiger partial charge in [-0.15, -0.1) is 0 Å². The van der Waals surface area contributed by atoms with Crippen molar-refractivity contribution in [2.75, 3.05) is 39.6 Å². The van der Waals surface area contributed by atoms with Gasteiger partial charge in [-0.2, -0.15) is 0 Å². The second-order valence-electron chi connectivity index (χ2n) is 29.3. The lowest BCUT2D eigenvalue weighted by molar-refractivity contribution is -0.161. The average Bonchev–Trinajstić information content (AvgIpc) is 0.904. The van der Waals surface area contributed by atoms with Crippen molar-refractivity contribution in [2.24, 2.45) is 0 Å². The number of unbranched alkanes of at least 4 members (excludes halogenated alkanes) is 36. The lowest BCUT2D eigenvalue weighted by Crippen LogP contribution is -2.30. The SMILES string of the molecule is CC/C=C\C/C=C\C/C=C\C/C=C\C/C=C\C/C=C\CCCCCCCCC(=O)OCC(COP(=O)(O)OCC(O)COP(=O)(O)OCC(O)COC(=O)CCCCCCCCCCCCCCCCCCCCC/C=C\C/C=C\C/C=C\C/C=C\C/C=C\CC)OC(=O)CCCCCCC/C=C\CCCCCCCC. The number of esters is 3. The normalized spacial score (nSPS) is 14.5. The van der Waals surface area contributed by atoms with Crippen molar-refractivity contribution < 1.29 is 75.8 Å². The maximum atomic E-state index is 13.0. The molecule has 4 N–H and O–H groups in total. The Balaban J connectivity index is 4.45. The van der Waals surface area contributed by atoms with E-state index in [4.69, 9.17) is 32.3 Å². The number of hydrogen-bond acceptors (Lipinski definition) is 14. The van der Waals surface area contributed by atoms with Crippen LogP contribution >= 0.6 is 15.6 Å². The Morgan fingerprint density at radius 1 is 0.261 bits per heavy atom. The van der Waals surface area contributed by atoms with Crippen LogP contribution in [-0.4, -0.2) is 95.9 Å². The molecule has 0 amide bonds. The van der Waals surface area contributed by atoms with Crippen LogP contribution < -0.4 is 0 Å². The molecule has 0 aliphatic heterocycles. The van der Waals surface area contributed by atoms with E-state index in [0.717, 1.165) is 167 Å². The van der Waals surface area contributed by atoms with Gasteiger partial charge >= 0.3 is 33.6 Å². The van der Waals surface area contributed by atoms with Gasteiger partial charge in [0.2, 0.25) is 0 Å². The number of phosphoric acid groups is 2. The highest BCUT2D eigenvalue weighted by Crippen LogP contribution is 2.45. The summed E-state index contributed by atoms with van der Waals surface area (Å²) in [6.07, 6.45) is 106. The summed E-state index contributed by atoms with van der Waals surface area (Å²) in [5, 5.41) is 20.7. The third-order valence-electron chi connectivity index (χ3n) is 18.5. The molecule has 0 aromatic rings. The number of allylic oxidation sites excluding steroid dienone is 24. The molecular weight excluding hydrogens is 1430 g/mol. The summed E-state index contributed by atoms with van der Waals surface area (Å²) in [7, 11) is -9.80. The van der Waals surface area contributed by atoms with Gasteiger partial charge in [-0.3, -0.25) is 32.5 Å². The fraction of sp³-hybridized carbons (Fsp3) is 0.710. The Labute approximate surface area is 677 Å². The van der Waals surface area contributed by atoms with Crippen molar-refractivity contribution >= 4 is 33.6 Å². The Morgan fingerprint density at radius 2 is 0.477 bits per heavy atom. The standard InChI is InChI=1S/C93H160O16P2/c1-4-7-10-13-16-19-22-25-28-30-32-34-36-38-39-40-41-42-43-44-45-46-47-49-51-52-54-56-59-61-64-67-70-73-76-79-91(96)103-82-88(94)83-105-110(99,100)106-84-89(95)85-107-111(101,102)108-87-90(109-93(98)81-78-75-72-69-66-63-58-27-24-21-18-15-12-9-6-3)86-104-92(97)80-77-74-71-68-65-62-60-57-55-53-50-48-37-35-33-31-29-26-23-20-17-14-11-8-5-2/h7-8,10-11,16-17,19-20,25-29,32-35,38-39,48,50,55,57-58,88-90,94-95H,4-6,9,12-15,18,21-24,30-31,36-37,40-47,49,51-54,56,59-87H2,1-3H3,(H,99,100)(H,101,102)/b10-7-,11-8-,19-16-,20-17-,28-25-,29-26-,34-32-,35-33-,39-38-,50-48-,57-55-,58-27-. The van der Waals surface area contributed by atoms with Crippen molar-refractivity contribution in [3.05, 3.63) is 146 Å². The van der Waals surface area contributed by atoms with E-state index in [-0.39, 0.29) is 19.3 Å². The third-order valence-corrected chi connectivity index (χ3v) is 20.4. The fourth-order valence-corrected chi connectivity index (χ4v) is 13.5. The molecule has 0 heterocycles. The summed E-state index contributed by atoms with van der Waals surface area (Å²) >= 11 is 0. The predicted octanol–water partition coefficient (Wildman–Crippen LogP) is 26.8. The lowest BCUT2D eigenvalue weighted by Gasteiger charge is -2.21. The molecule has 18 heteroatoms. The summed E-state index contributed by atoms with van der Waals surface area (Å²) in [6, 6.07) is 0. The Bertz CT molecular complexity index is 2600. The summed E-state index contributed by atoms with van der Waals surface area (Å²) in [4.78, 5) is 58.8. The molecule has 0 aliphatic rings. The molecule has 638 valence electrons. The van der Waals surface area contributed by atoms with E-state index in [1.807, 2.05) is 0 Å². The Kier molecular flexibility index (Phi) is 81.3. The largest absolute Gasteiger partial charge is 0.472 e. The van der Waals surface area contributed by atoms with Crippen molar-refractivity contribution in [2.45, 2.75) is 386 Å². The molecule has 0 fully saturated rings. The highest BCUT2D eigenvalue weighted by Gasteiger charge is 2.29. The smallest absolute Gasteiger partial charge is 0.463 e. The Morgan fingerprint density at radius 3 is 0.766 bits per heavy atom. The number of carbonyl (C=O) groups is 3. The van der Waals surface area contributed by atoms with Gasteiger partial charge in [0.1, 0.15) is 25.4 Å². The zero-order valence-electron chi connectivity index (χ0n) is 70.1. The van der Waals surface area contributed by atoms with Gasteiger partial charge < -0.3 is 34.2 Å². The first kappa shape index (κ1) is 106. The number of hydrogen-bond donors (Lipinski definition) is 4. The van der Waals surface area contributed by atoms with E-state index in [1.54, 1.807) is 0 Å².